The fourth-order valence-electron chi connectivity index (χ4n) is 2.82. The Labute approximate surface area is 111 Å². The molecule has 0 aliphatic carbocycles. The van der Waals surface area contributed by atoms with Crippen molar-refractivity contribution in [3.05, 3.63) is 23.9 Å². The lowest BCUT2D eigenvalue weighted by atomic mass is 10.0. The molecule has 0 saturated carbocycles. The minimum Gasteiger partial charge on any atom is -0.354 e. The molecule has 3 heteroatoms. The van der Waals surface area contributed by atoms with E-state index in [1.54, 1.807) is 0 Å². The lowest BCUT2D eigenvalue weighted by Gasteiger charge is -2.36. The SMILES string of the molecule is CCNC(C)c1cccnc1N1CCCCC1C. The second kappa shape index (κ2) is 6.19. The van der Waals surface area contributed by atoms with Gasteiger partial charge in [-0.2, -0.15) is 0 Å². The monoisotopic (exact) mass is 247 g/mol. The number of piperidine rings is 1. The standard InChI is InChI=1S/C15H25N3/c1-4-16-13(3)14-9-7-10-17-15(14)18-11-6-5-8-12(18)2/h7,9-10,12-13,16H,4-6,8,11H2,1-3H3. The second-order valence-corrected chi connectivity index (χ2v) is 5.23. The summed E-state index contributed by atoms with van der Waals surface area (Å²) < 4.78 is 0. The summed E-state index contributed by atoms with van der Waals surface area (Å²) in [7, 11) is 0. The van der Waals surface area contributed by atoms with E-state index in [1.807, 2.05) is 12.3 Å². The fraction of sp³-hybridized carbons (Fsp3) is 0.667. The van der Waals surface area contributed by atoms with Gasteiger partial charge in [0.1, 0.15) is 5.82 Å². The summed E-state index contributed by atoms with van der Waals surface area (Å²) in [6.45, 7) is 8.82. The summed E-state index contributed by atoms with van der Waals surface area (Å²) >= 11 is 0. The van der Waals surface area contributed by atoms with Gasteiger partial charge in [-0.25, -0.2) is 4.98 Å². The smallest absolute Gasteiger partial charge is 0.133 e. The molecule has 2 atom stereocenters. The van der Waals surface area contributed by atoms with Gasteiger partial charge in [0.15, 0.2) is 0 Å². The first-order valence-electron chi connectivity index (χ1n) is 7.19. The molecule has 1 fully saturated rings. The summed E-state index contributed by atoms with van der Waals surface area (Å²) in [6.07, 6.45) is 5.84. The molecule has 1 N–H and O–H groups in total. The average molecular weight is 247 g/mol. The van der Waals surface area contributed by atoms with Gasteiger partial charge in [0.25, 0.3) is 0 Å². The largest absolute Gasteiger partial charge is 0.354 e. The Bertz CT molecular complexity index is 378. The van der Waals surface area contributed by atoms with E-state index in [4.69, 9.17) is 0 Å². The molecule has 1 aliphatic heterocycles. The van der Waals surface area contributed by atoms with Crippen molar-refractivity contribution in [3.63, 3.8) is 0 Å². The zero-order chi connectivity index (χ0) is 13.0. The van der Waals surface area contributed by atoms with Gasteiger partial charge in [-0.05, 0) is 45.7 Å². The Morgan fingerprint density at radius 2 is 2.33 bits per heavy atom. The first-order chi connectivity index (χ1) is 8.74. The molecule has 18 heavy (non-hydrogen) atoms. The highest BCUT2D eigenvalue weighted by Gasteiger charge is 2.23. The zero-order valence-corrected chi connectivity index (χ0v) is 11.8. The number of aromatic nitrogens is 1. The first kappa shape index (κ1) is 13.3. The second-order valence-electron chi connectivity index (χ2n) is 5.23. The van der Waals surface area contributed by atoms with Gasteiger partial charge in [-0.3, -0.25) is 0 Å². The number of rotatable bonds is 4. The van der Waals surface area contributed by atoms with Gasteiger partial charge in [-0.15, -0.1) is 0 Å². The molecule has 0 amide bonds. The number of hydrogen-bond donors (Lipinski definition) is 1. The van der Waals surface area contributed by atoms with E-state index in [2.05, 4.69) is 42.0 Å². The molecule has 0 spiro atoms. The van der Waals surface area contributed by atoms with Crippen LogP contribution in [0.5, 0.6) is 0 Å². The topological polar surface area (TPSA) is 28.2 Å². The minimum atomic E-state index is 0.368. The highest BCUT2D eigenvalue weighted by Crippen LogP contribution is 2.29. The maximum absolute atomic E-state index is 4.64. The van der Waals surface area contributed by atoms with Crippen molar-refractivity contribution in [1.82, 2.24) is 10.3 Å². The molecule has 2 unspecified atom stereocenters. The molecule has 1 aliphatic rings. The van der Waals surface area contributed by atoms with Crippen LogP contribution in [0.25, 0.3) is 0 Å². The molecule has 0 radical (unpaired) electrons. The van der Waals surface area contributed by atoms with E-state index < -0.39 is 0 Å². The van der Waals surface area contributed by atoms with E-state index >= 15 is 0 Å². The highest BCUT2D eigenvalue weighted by atomic mass is 15.2. The Balaban J connectivity index is 2.25. The van der Waals surface area contributed by atoms with Crippen molar-refractivity contribution < 1.29 is 0 Å². The summed E-state index contributed by atoms with van der Waals surface area (Å²) in [5, 5.41) is 3.49. The number of anilines is 1. The van der Waals surface area contributed by atoms with Crippen LogP contribution in [-0.4, -0.2) is 24.1 Å². The molecule has 0 aromatic carbocycles. The molecule has 1 aromatic heterocycles. The van der Waals surface area contributed by atoms with E-state index in [0.717, 1.165) is 13.1 Å². The molecular weight excluding hydrogens is 222 g/mol. The summed E-state index contributed by atoms with van der Waals surface area (Å²) in [4.78, 5) is 7.12. The predicted octanol–water partition coefficient (Wildman–Crippen LogP) is 3.13. The van der Waals surface area contributed by atoms with Crippen LogP contribution in [0.4, 0.5) is 5.82 Å². The van der Waals surface area contributed by atoms with Crippen LogP contribution in [0, 0.1) is 0 Å². The lowest BCUT2D eigenvalue weighted by molar-refractivity contribution is 0.476. The molecule has 100 valence electrons. The van der Waals surface area contributed by atoms with Crippen LogP contribution in [0.3, 0.4) is 0 Å². The minimum absolute atomic E-state index is 0.368. The van der Waals surface area contributed by atoms with Crippen LogP contribution < -0.4 is 10.2 Å². The van der Waals surface area contributed by atoms with Crippen LogP contribution in [0.15, 0.2) is 18.3 Å². The highest BCUT2D eigenvalue weighted by molar-refractivity contribution is 5.49. The maximum atomic E-state index is 4.64. The Hall–Kier alpha value is -1.09. The quantitative estimate of drug-likeness (QED) is 0.886. The maximum Gasteiger partial charge on any atom is 0.133 e. The van der Waals surface area contributed by atoms with Crippen molar-refractivity contribution in [2.45, 2.75) is 52.1 Å². The Morgan fingerprint density at radius 3 is 3.06 bits per heavy atom. The van der Waals surface area contributed by atoms with Crippen LogP contribution in [-0.2, 0) is 0 Å². The van der Waals surface area contributed by atoms with Gasteiger partial charge >= 0.3 is 0 Å². The molecule has 2 rings (SSSR count). The third kappa shape index (κ3) is 2.83. The Kier molecular flexibility index (Phi) is 4.59. The van der Waals surface area contributed by atoms with Gasteiger partial charge in [-0.1, -0.05) is 13.0 Å². The molecule has 1 aromatic rings. The number of pyridine rings is 1. The van der Waals surface area contributed by atoms with Crippen LogP contribution >= 0.6 is 0 Å². The van der Waals surface area contributed by atoms with E-state index in [-0.39, 0.29) is 0 Å². The van der Waals surface area contributed by atoms with Crippen molar-refractivity contribution in [3.8, 4) is 0 Å². The lowest BCUT2D eigenvalue weighted by Crippen LogP contribution is -2.39. The van der Waals surface area contributed by atoms with Gasteiger partial charge < -0.3 is 10.2 Å². The summed E-state index contributed by atoms with van der Waals surface area (Å²) in [5.74, 6) is 1.18. The van der Waals surface area contributed by atoms with E-state index in [0.29, 0.717) is 12.1 Å². The van der Waals surface area contributed by atoms with Crippen molar-refractivity contribution in [2.24, 2.45) is 0 Å². The van der Waals surface area contributed by atoms with Gasteiger partial charge in [0, 0.05) is 30.4 Å². The van der Waals surface area contributed by atoms with Crippen LogP contribution in [0.2, 0.25) is 0 Å². The van der Waals surface area contributed by atoms with E-state index in [9.17, 15) is 0 Å². The van der Waals surface area contributed by atoms with Crippen molar-refractivity contribution in [2.75, 3.05) is 18.0 Å². The molecular formula is C15H25N3. The average Bonchev–Trinajstić information content (AvgIpc) is 2.40. The fourth-order valence-corrected chi connectivity index (χ4v) is 2.82. The normalized spacial score (nSPS) is 21.9. The van der Waals surface area contributed by atoms with Crippen molar-refractivity contribution in [1.29, 1.82) is 0 Å². The molecule has 3 nitrogen and oxygen atoms in total. The predicted molar refractivity (Wildman–Crippen MR) is 77.0 cm³/mol. The summed E-state index contributed by atoms with van der Waals surface area (Å²) in [5.41, 5.74) is 1.33. The Morgan fingerprint density at radius 1 is 1.50 bits per heavy atom. The molecule has 1 saturated heterocycles. The van der Waals surface area contributed by atoms with Crippen LogP contribution in [0.1, 0.15) is 51.6 Å². The third-order valence-electron chi connectivity index (χ3n) is 3.87. The molecule has 2 heterocycles. The third-order valence-corrected chi connectivity index (χ3v) is 3.87. The number of nitrogens with one attached hydrogen (secondary N) is 1. The number of hydrogen-bond acceptors (Lipinski definition) is 3. The van der Waals surface area contributed by atoms with Gasteiger partial charge in [0.2, 0.25) is 0 Å². The zero-order valence-electron chi connectivity index (χ0n) is 11.8. The van der Waals surface area contributed by atoms with Gasteiger partial charge in [0.05, 0.1) is 0 Å². The summed E-state index contributed by atoms with van der Waals surface area (Å²) in [6, 6.07) is 5.23. The van der Waals surface area contributed by atoms with E-state index in [1.165, 1.54) is 30.6 Å². The first-order valence-corrected chi connectivity index (χ1v) is 7.19. The number of nitrogens with zero attached hydrogens (tertiary/aromatic N) is 2. The van der Waals surface area contributed by atoms with Crippen molar-refractivity contribution >= 4 is 5.82 Å². The molecule has 0 bridgehead atoms.